The topological polar surface area (TPSA) is 59.9 Å². The maximum Gasteiger partial charge on any atom is 0.271 e. The molecule has 0 bridgehead atoms. The van der Waals surface area contributed by atoms with Gasteiger partial charge in [-0.2, -0.15) is 5.10 Å². The van der Waals surface area contributed by atoms with Crippen molar-refractivity contribution in [2.24, 2.45) is 5.10 Å². The second kappa shape index (κ2) is 8.72. The molecule has 1 amide bonds. The van der Waals surface area contributed by atoms with E-state index in [1.165, 1.54) is 5.56 Å². The Kier molecular flexibility index (Phi) is 6.37. The van der Waals surface area contributed by atoms with Crippen LogP contribution in [0.15, 0.2) is 53.6 Å². The summed E-state index contributed by atoms with van der Waals surface area (Å²) in [4.78, 5) is 12.0. The number of hydrogen-bond acceptors (Lipinski definition) is 4. The highest BCUT2D eigenvalue weighted by Gasteiger charge is 2.04. The first-order chi connectivity index (χ1) is 11.6. The number of methoxy groups -OCH3 is 2. The monoisotopic (exact) mass is 326 g/mol. The van der Waals surface area contributed by atoms with Crippen molar-refractivity contribution < 1.29 is 14.3 Å². The van der Waals surface area contributed by atoms with Gasteiger partial charge in [0.05, 0.1) is 14.2 Å². The first kappa shape index (κ1) is 17.5. The summed E-state index contributed by atoms with van der Waals surface area (Å²) in [5.74, 6) is 1.32. The van der Waals surface area contributed by atoms with Crippen molar-refractivity contribution in [1.29, 1.82) is 0 Å². The van der Waals surface area contributed by atoms with Crippen molar-refractivity contribution in [2.45, 2.75) is 19.8 Å². The molecule has 0 atom stereocenters. The van der Waals surface area contributed by atoms with Crippen molar-refractivity contribution in [3.63, 3.8) is 0 Å². The number of hydrogen-bond donors (Lipinski definition) is 1. The van der Waals surface area contributed by atoms with Gasteiger partial charge in [-0.25, -0.2) is 5.43 Å². The molecule has 126 valence electrons. The number of rotatable bonds is 7. The van der Waals surface area contributed by atoms with Gasteiger partial charge < -0.3 is 9.47 Å². The smallest absolute Gasteiger partial charge is 0.271 e. The van der Waals surface area contributed by atoms with Gasteiger partial charge in [-0.05, 0) is 61.7 Å². The zero-order valence-electron chi connectivity index (χ0n) is 14.2. The molecule has 0 aliphatic rings. The van der Waals surface area contributed by atoms with Crippen molar-refractivity contribution >= 4 is 11.6 Å². The molecule has 0 saturated carbocycles. The maximum atomic E-state index is 12.0. The third kappa shape index (κ3) is 5.12. The SMILES string of the molecule is COc1ccc(CC/C(C)=N\NC(=O)c2ccc(OC)cc2)cc1. The van der Waals surface area contributed by atoms with Crippen LogP contribution in [0.2, 0.25) is 0 Å². The number of benzene rings is 2. The van der Waals surface area contributed by atoms with E-state index >= 15 is 0 Å². The molecule has 5 heteroatoms. The van der Waals surface area contributed by atoms with Crippen LogP contribution in [0.1, 0.15) is 29.3 Å². The summed E-state index contributed by atoms with van der Waals surface area (Å²) in [6.45, 7) is 1.90. The van der Waals surface area contributed by atoms with Gasteiger partial charge in [0.25, 0.3) is 5.91 Å². The predicted molar refractivity (Wildman–Crippen MR) is 94.9 cm³/mol. The van der Waals surface area contributed by atoms with E-state index in [0.29, 0.717) is 11.3 Å². The predicted octanol–water partition coefficient (Wildman–Crippen LogP) is 3.44. The average Bonchev–Trinajstić information content (AvgIpc) is 2.64. The normalized spacial score (nSPS) is 11.0. The van der Waals surface area contributed by atoms with Crippen LogP contribution in [0.5, 0.6) is 11.5 Å². The fraction of sp³-hybridized carbons (Fsp3) is 0.263. The number of hydrazone groups is 1. The first-order valence-corrected chi connectivity index (χ1v) is 7.73. The second-order valence-corrected chi connectivity index (χ2v) is 5.36. The van der Waals surface area contributed by atoms with Crippen LogP contribution < -0.4 is 14.9 Å². The molecule has 2 rings (SSSR count). The van der Waals surface area contributed by atoms with Crippen molar-refractivity contribution in [1.82, 2.24) is 5.43 Å². The van der Waals surface area contributed by atoms with E-state index in [4.69, 9.17) is 9.47 Å². The largest absolute Gasteiger partial charge is 0.497 e. The lowest BCUT2D eigenvalue weighted by Gasteiger charge is -2.05. The van der Waals surface area contributed by atoms with Crippen LogP contribution in [-0.2, 0) is 6.42 Å². The Bertz CT molecular complexity index is 692. The molecule has 0 aliphatic heterocycles. The lowest BCUT2D eigenvalue weighted by atomic mass is 10.1. The second-order valence-electron chi connectivity index (χ2n) is 5.36. The molecule has 0 radical (unpaired) electrons. The van der Waals surface area contributed by atoms with Crippen LogP contribution in [0.3, 0.4) is 0 Å². The summed E-state index contributed by atoms with van der Waals surface area (Å²) in [6, 6.07) is 14.8. The summed E-state index contributed by atoms with van der Waals surface area (Å²) in [7, 11) is 3.24. The fourth-order valence-corrected chi connectivity index (χ4v) is 2.13. The molecule has 1 N–H and O–H groups in total. The summed E-state index contributed by atoms with van der Waals surface area (Å²) in [6.07, 6.45) is 1.63. The molecular weight excluding hydrogens is 304 g/mol. The molecule has 0 aliphatic carbocycles. The fourth-order valence-electron chi connectivity index (χ4n) is 2.13. The molecule has 0 aromatic heterocycles. The Labute approximate surface area is 142 Å². The van der Waals surface area contributed by atoms with Gasteiger partial charge in [0, 0.05) is 11.3 Å². The first-order valence-electron chi connectivity index (χ1n) is 7.73. The number of nitrogens with one attached hydrogen (secondary N) is 1. The molecule has 0 fully saturated rings. The number of aryl methyl sites for hydroxylation is 1. The highest BCUT2D eigenvalue weighted by Crippen LogP contribution is 2.13. The molecule has 0 spiro atoms. The standard InChI is InChI=1S/C19H22N2O3/c1-14(4-5-15-6-10-17(23-2)11-7-15)20-21-19(22)16-8-12-18(24-3)13-9-16/h6-13H,4-5H2,1-3H3,(H,21,22)/b20-14-. The van der Waals surface area contributed by atoms with E-state index in [0.717, 1.165) is 24.3 Å². The van der Waals surface area contributed by atoms with E-state index in [9.17, 15) is 4.79 Å². The number of carbonyl (C=O) groups is 1. The Morgan fingerprint density at radius 2 is 1.50 bits per heavy atom. The minimum atomic E-state index is -0.235. The quantitative estimate of drug-likeness (QED) is 0.626. The Morgan fingerprint density at radius 1 is 0.958 bits per heavy atom. The van der Waals surface area contributed by atoms with Crippen LogP contribution in [0, 0.1) is 0 Å². The van der Waals surface area contributed by atoms with Crippen molar-refractivity contribution in [3.05, 3.63) is 59.7 Å². The molecule has 2 aromatic carbocycles. The van der Waals surface area contributed by atoms with Gasteiger partial charge in [-0.15, -0.1) is 0 Å². The number of carbonyl (C=O) groups excluding carboxylic acids is 1. The van der Waals surface area contributed by atoms with Gasteiger partial charge in [-0.1, -0.05) is 12.1 Å². The summed E-state index contributed by atoms with van der Waals surface area (Å²) in [5.41, 5.74) is 5.19. The van der Waals surface area contributed by atoms with Crippen LogP contribution in [0.25, 0.3) is 0 Å². The van der Waals surface area contributed by atoms with Gasteiger partial charge >= 0.3 is 0 Å². The number of nitrogens with zero attached hydrogens (tertiary/aromatic N) is 1. The van der Waals surface area contributed by atoms with Gasteiger partial charge in [0.15, 0.2) is 0 Å². The van der Waals surface area contributed by atoms with Gasteiger partial charge in [-0.3, -0.25) is 4.79 Å². The highest BCUT2D eigenvalue weighted by atomic mass is 16.5. The summed E-state index contributed by atoms with van der Waals surface area (Å²) >= 11 is 0. The van der Waals surface area contributed by atoms with E-state index in [1.807, 2.05) is 31.2 Å². The third-order valence-electron chi connectivity index (χ3n) is 3.64. The molecule has 0 saturated heterocycles. The lowest BCUT2D eigenvalue weighted by molar-refractivity contribution is 0.0954. The van der Waals surface area contributed by atoms with Gasteiger partial charge in [0.1, 0.15) is 11.5 Å². The van der Waals surface area contributed by atoms with E-state index in [1.54, 1.807) is 38.5 Å². The van der Waals surface area contributed by atoms with Crippen LogP contribution in [0.4, 0.5) is 0 Å². The molecular formula is C19H22N2O3. The Balaban J connectivity index is 1.84. The van der Waals surface area contributed by atoms with Crippen molar-refractivity contribution in [3.8, 4) is 11.5 Å². The third-order valence-corrected chi connectivity index (χ3v) is 3.64. The molecule has 0 unspecified atom stereocenters. The number of amides is 1. The van der Waals surface area contributed by atoms with E-state index < -0.39 is 0 Å². The summed E-state index contributed by atoms with van der Waals surface area (Å²) in [5, 5.41) is 4.15. The molecule has 5 nitrogen and oxygen atoms in total. The Hall–Kier alpha value is -2.82. The van der Waals surface area contributed by atoms with Crippen molar-refractivity contribution in [2.75, 3.05) is 14.2 Å². The minimum absolute atomic E-state index is 0.235. The van der Waals surface area contributed by atoms with Crippen LogP contribution >= 0.6 is 0 Å². The van der Waals surface area contributed by atoms with E-state index in [-0.39, 0.29) is 5.91 Å². The maximum absolute atomic E-state index is 12.0. The average molecular weight is 326 g/mol. The van der Waals surface area contributed by atoms with Crippen LogP contribution in [-0.4, -0.2) is 25.8 Å². The number of ether oxygens (including phenoxy) is 2. The molecule has 24 heavy (non-hydrogen) atoms. The van der Waals surface area contributed by atoms with E-state index in [2.05, 4.69) is 10.5 Å². The molecule has 2 aromatic rings. The zero-order chi connectivity index (χ0) is 17.4. The highest BCUT2D eigenvalue weighted by molar-refractivity contribution is 5.95. The molecule has 0 heterocycles. The zero-order valence-corrected chi connectivity index (χ0v) is 14.2. The Morgan fingerprint density at radius 3 is 2.04 bits per heavy atom. The lowest BCUT2D eigenvalue weighted by Crippen LogP contribution is -2.19. The van der Waals surface area contributed by atoms with Gasteiger partial charge in [0.2, 0.25) is 0 Å². The minimum Gasteiger partial charge on any atom is -0.497 e. The summed E-state index contributed by atoms with van der Waals surface area (Å²) < 4.78 is 10.2.